The second-order valence-corrected chi connectivity index (χ2v) is 7.88. The van der Waals surface area contributed by atoms with Gasteiger partial charge in [-0.05, 0) is 36.4 Å². The molecule has 0 N–H and O–H groups in total. The minimum Gasteiger partial charge on any atom is -0.451 e. The number of Topliss-reactive ketones (excluding diaryl/α,β-unsaturated/α-hetero) is 1. The molecule has 154 valence electrons. The highest BCUT2D eigenvalue weighted by molar-refractivity contribution is 9.10. The number of benzene rings is 3. The molecule has 0 aliphatic rings. The topological polar surface area (TPSA) is 74.1 Å². The van der Waals surface area contributed by atoms with E-state index in [0.717, 1.165) is 4.47 Å². The molecule has 6 nitrogen and oxygen atoms in total. The summed E-state index contributed by atoms with van der Waals surface area (Å²) in [6, 6.07) is 23.1. The van der Waals surface area contributed by atoms with Crippen molar-refractivity contribution >= 4 is 39.3 Å². The van der Waals surface area contributed by atoms with Gasteiger partial charge < -0.3 is 4.74 Å². The summed E-state index contributed by atoms with van der Waals surface area (Å²) in [6.07, 6.45) is 0. The maximum Gasteiger partial charge on any atom is 0.378 e. The number of ketones is 1. The molecule has 8 heteroatoms. The lowest BCUT2D eigenvalue weighted by molar-refractivity contribution is 0.0462. The van der Waals surface area contributed by atoms with Gasteiger partial charge >= 0.3 is 5.97 Å². The zero-order valence-electron chi connectivity index (χ0n) is 16.0. The Kier molecular flexibility index (Phi) is 6.25. The molecule has 0 amide bonds. The van der Waals surface area contributed by atoms with Crippen LogP contribution >= 0.6 is 27.5 Å². The van der Waals surface area contributed by atoms with E-state index >= 15 is 0 Å². The second-order valence-electron chi connectivity index (χ2n) is 6.52. The number of carbonyl (C=O) groups is 2. The first-order chi connectivity index (χ1) is 15.0. The first-order valence-electron chi connectivity index (χ1n) is 9.25. The van der Waals surface area contributed by atoms with Crippen molar-refractivity contribution in [3.05, 3.63) is 99.7 Å². The van der Waals surface area contributed by atoms with Crippen LogP contribution in [0.1, 0.15) is 21.0 Å². The van der Waals surface area contributed by atoms with E-state index in [1.54, 1.807) is 48.5 Å². The molecule has 1 heterocycles. The lowest BCUT2D eigenvalue weighted by atomic mass is 10.1. The van der Waals surface area contributed by atoms with Gasteiger partial charge in [0.25, 0.3) is 5.82 Å². The van der Waals surface area contributed by atoms with Crippen LogP contribution in [0.15, 0.2) is 83.3 Å². The third kappa shape index (κ3) is 4.90. The van der Waals surface area contributed by atoms with Crippen molar-refractivity contribution in [1.29, 1.82) is 0 Å². The SMILES string of the molecule is O=C(COC(=O)c1nc(-c2cccc(Cl)c2)n(-c2ccc(Br)cc2)n1)c1ccccc1. The Hall–Kier alpha value is -3.29. The van der Waals surface area contributed by atoms with Gasteiger partial charge in [0.05, 0.1) is 5.69 Å². The van der Waals surface area contributed by atoms with Crippen molar-refractivity contribution in [2.75, 3.05) is 6.61 Å². The summed E-state index contributed by atoms with van der Waals surface area (Å²) in [5.41, 5.74) is 1.84. The average molecular weight is 497 g/mol. The molecule has 0 radical (unpaired) electrons. The zero-order chi connectivity index (χ0) is 21.8. The molecule has 0 unspecified atom stereocenters. The predicted molar refractivity (Wildman–Crippen MR) is 121 cm³/mol. The van der Waals surface area contributed by atoms with Crippen molar-refractivity contribution in [3.63, 3.8) is 0 Å². The molecule has 4 aromatic rings. The first kappa shape index (κ1) is 21.0. The van der Waals surface area contributed by atoms with E-state index in [1.165, 1.54) is 4.68 Å². The molecule has 0 bridgehead atoms. The summed E-state index contributed by atoms with van der Waals surface area (Å²) in [4.78, 5) is 29.2. The summed E-state index contributed by atoms with van der Waals surface area (Å²) >= 11 is 9.54. The van der Waals surface area contributed by atoms with Crippen molar-refractivity contribution < 1.29 is 14.3 Å². The number of carbonyl (C=O) groups excluding carboxylic acids is 2. The molecular weight excluding hydrogens is 482 g/mol. The molecule has 0 spiro atoms. The Morgan fingerprint density at radius 2 is 1.71 bits per heavy atom. The first-order valence-corrected chi connectivity index (χ1v) is 10.4. The van der Waals surface area contributed by atoms with Crippen LogP contribution in [0.5, 0.6) is 0 Å². The lowest BCUT2D eigenvalue weighted by Crippen LogP contribution is -2.15. The number of hydrogen-bond donors (Lipinski definition) is 0. The average Bonchev–Trinajstić information content (AvgIpc) is 3.24. The zero-order valence-corrected chi connectivity index (χ0v) is 18.4. The van der Waals surface area contributed by atoms with Crippen LogP contribution in [0.3, 0.4) is 0 Å². The fraction of sp³-hybridized carbons (Fsp3) is 0.0435. The third-order valence-corrected chi connectivity index (χ3v) is 5.14. The van der Waals surface area contributed by atoms with Gasteiger partial charge in [-0.3, -0.25) is 4.79 Å². The maximum atomic E-state index is 12.6. The van der Waals surface area contributed by atoms with E-state index < -0.39 is 12.6 Å². The van der Waals surface area contributed by atoms with Crippen molar-refractivity contribution in [2.24, 2.45) is 0 Å². The van der Waals surface area contributed by atoms with Gasteiger partial charge in [0.15, 0.2) is 18.2 Å². The highest BCUT2D eigenvalue weighted by Gasteiger charge is 2.21. The van der Waals surface area contributed by atoms with E-state index in [0.29, 0.717) is 27.7 Å². The molecule has 0 saturated heterocycles. The highest BCUT2D eigenvalue weighted by Crippen LogP contribution is 2.25. The fourth-order valence-corrected chi connectivity index (χ4v) is 3.33. The van der Waals surface area contributed by atoms with Crippen molar-refractivity contribution in [1.82, 2.24) is 14.8 Å². The second kappa shape index (κ2) is 9.24. The molecule has 0 aliphatic heterocycles. The number of ether oxygens (including phenoxy) is 1. The van der Waals surface area contributed by atoms with Crippen LogP contribution in [0, 0.1) is 0 Å². The number of halogens is 2. The van der Waals surface area contributed by atoms with E-state index in [-0.39, 0.29) is 11.6 Å². The predicted octanol–water partition coefficient (Wildman–Crippen LogP) is 5.39. The molecule has 0 atom stereocenters. The molecule has 4 rings (SSSR count). The molecule has 0 aliphatic carbocycles. The Morgan fingerprint density at radius 1 is 0.968 bits per heavy atom. The smallest absolute Gasteiger partial charge is 0.378 e. The van der Waals surface area contributed by atoms with Gasteiger partial charge in [-0.15, -0.1) is 5.10 Å². The van der Waals surface area contributed by atoms with Crippen LogP contribution in [0.4, 0.5) is 0 Å². The van der Waals surface area contributed by atoms with Gasteiger partial charge in [0.2, 0.25) is 0 Å². The number of nitrogens with zero attached hydrogens (tertiary/aromatic N) is 3. The van der Waals surface area contributed by atoms with E-state index in [1.807, 2.05) is 30.3 Å². The molecule has 1 aromatic heterocycles. The van der Waals surface area contributed by atoms with Crippen molar-refractivity contribution in [2.45, 2.75) is 0 Å². The summed E-state index contributed by atoms with van der Waals surface area (Å²) in [7, 11) is 0. The van der Waals surface area contributed by atoms with E-state index in [9.17, 15) is 9.59 Å². The Labute approximate surface area is 191 Å². The minimum absolute atomic E-state index is 0.154. The van der Waals surface area contributed by atoms with Crippen LogP contribution < -0.4 is 0 Å². The largest absolute Gasteiger partial charge is 0.451 e. The van der Waals surface area contributed by atoms with E-state index in [4.69, 9.17) is 16.3 Å². The van der Waals surface area contributed by atoms with Crippen molar-refractivity contribution in [3.8, 4) is 17.1 Å². The monoisotopic (exact) mass is 495 g/mol. The Balaban J connectivity index is 1.63. The normalized spacial score (nSPS) is 10.6. The van der Waals surface area contributed by atoms with Gasteiger partial charge in [-0.2, -0.15) is 0 Å². The molecule has 31 heavy (non-hydrogen) atoms. The minimum atomic E-state index is -0.788. The number of rotatable bonds is 6. The fourth-order valence-electron chi connectivity index (χ4n) is 2.88. The summed E-state index contributed by atoms with van der Waals surface area (Å²) in [5.74, 6) is -0.829. The Bertz CT molecular complexity index is 1240. The van der Waals surface area contributed by atoms with Gasteiger partial charge in [0.1, 0.15) is 0 Å². The Morgan fingerprint density at radius 3 is 2.42 bits per heavy atom. The molecule has 0 fully saturated rings. The summed E-state index contributed by atoms with van der Waals surface area (Å²) < 4.78 is 7.60. The van der Waals surface area contributed by atoms with Crippen LogP contribution in [0.2, 0.25) is 5.02 Å². The highest BCUT2D eigenvalue weighted by atomic mass is 79.9. The third-order valence-electron chi connectivity index (χ3n) is 4.37. The van der Waals surface area contributed by atoms with Crippen LogP contribution in [-0.2, 0) is 4.74 Å². The summed E-state index contributed by atoms with van der Waals surface area (Å²) in [6.45, 7) is -0.401. The van der Waals surface area contributed by atoms with Crippen LogP contribution in [-0.4, -0.2) is 33.1 Å². The molecule has 3 aromatic carbocycles. The lowest BCUT2D eigenvalue weighted by Gasteiger charge is -2.06. The molecule has 0 saturated carbocycles. The van der Waals surface area contributed by atoms with Gasteiger partial charge in [-0.1, -0.05) is 70.0 Å². The number of hydrogen-bond acceptors (Lipinski definition) is 5. The quantitative estimate of drug-likeness (QED) is 0.264. The number of aromatic nitrogens is 3. The maximum absolute atomic E-state index is 12.6. The van der Waals surface area contributed by atoms with Gasteiger partial charge in [-0.25, -0.2) is 14.5 Å². The van der Waals surface area contributed by atoms with Crippen LogP contribution in [0.25, 0.3) is 17.1 Å². The van der Waals surface area contributed by atoms with Gasteiger partial charge in [0, 0.05) is 20.6 Å². The molecular formula is C23H15BrClN3O3. The van der Waals surface area contributed by atoms with E-state index in [2.05, 4.69) is 26.0 Å². The summed E-state index contributed by atoms with van der Waals surface area (Å²) in [5, 5.41) is 4.86. The standard InChI is InChI=1S/C23H15BrClN3O3/c24-17-9-11-19(12-10-17)28-22(16-7-4-8-18(25)13-16)26-21(27-28)23(30)31-14-20(29)15-5-2-1-3-6-15/h1-13H,14H2. The number of esters is 1.